The maximum Gasteiger partial charge on any atom is 0.271 e. The van der Waals surface area contributed by atoms with E-state index < -0.39 is 0 Å². The largest absolute Gasteiger partial charge is 0.350 e. The predicted molar refractivity (Wildman–Crippen MR) is 92.1 cm³/mol. The van der Waals surface area contributed by atoms with E-state index in [4.69, 9.17) is 0 Å². The maximum atomic E-state index is 12.3. The Labute approximate surface area is 138 Å². The van der Waals surface area contributed by atoms with E-state index in [1.165, 1.54) is 0 Å². The summed E-state index contributed by atoms with van der Waals surface area (Å²) in [6.07, 6.45) is 2.41. The van der Waals surface area contributed by atoms with Crippen LogP contribution in [0, 0.1) is 6.92 Å². The number of nitrogens with zero attached hydrogens (tertiary/aromatic N) is 3. The average molecular weight is 319 g/mol. The molecule has 1 amide bonds. The van der Waals surface area contributed by atoms with Crippen LogP contribution in [0.5, 0.6) is 0 Å². The van der Waals surface area contributed by atoms with E-state index in [2.05, 4.69) is 20.3 Å². The van der Waals surface area contributed by atoms with Gasteiger partial charge in [-0.15, -0.1) is 0 Å². The lowest BCUT2D eigenvalue weighted by Gasteiger charge is -2.00. The van der Waals surface area contributed by atoms with Crippen LogP contribution in [0.2, 0.25) is 0 Å². The van der Waals surface area contributed by atoms with Gasteiger partial charge in [-0.05, 0) is 31.2 Å². The molecule has 0 fully saturated rings. The van der Waals surface area contributed by atoms with Crippen molar-refractivity contribution >= 4 is 22.6 Å². The maximum absolute atomic E-state index is 12.3. The van der Waals surface area contributed by atoms with Gasteiger partial charge in [0.1, 0.15) is 17.2 Å². The molecule has 4 rings (SSSR count). The van der Waals surface area contributed by atoms with E-state index in [0.29, 0.717) is 18.7 Å². The van der Waals surface area contributed by atoms with Crippen molar-refractivity contribution in [2.24, 2.45) is 0 Å². The van der Waals surface area contributed by atoms with Crippen molar-refractivity contribution in [3.05, 3.63) is 65.9 Å². The van der Waals surface area contributed by atoms with Crippen LogP contribution in [0.3, 0.4) is 0 Å². The number of H-pyrrole nitrogens is 1. The summed E-state index contributed by atoms with van der Waals surface area (Å²) in [5.41, 5.74) is 4.19. The van der Waals surface area contributed by atoms with Gasteiger partial charge in [0.25, 0.3) is 5.91 Å². The van der Waals surface area contributed by atoms with Gasteiger partial charge in [0.15, 0.2) is 0 Å². The molecule has 0 atom stereocenters. The van der Waals surface area contributed by atoms with Gasteiger partial charge in [-0.1, -0.05) is 18.2 Å². The average Bonchev–Trinajstić information content (AvgIpc) is 3.18. The molecule has 0 saturated carbocycles. The number of hydrogen-bond acceptors (Lipinski definition) is 3. The van der Waals surface area contributed by atoms with E-state index in [9.17, 15) is 4.79 Å². The van der Waals surface area contributed by atoms with Crippen LogP contribution < -0.4 is 5.32 Å². The molecular weight excluding hydrogens is 302 g/mol. The van der Waals surface area contributed by atoms with Gasteiger partial charge < -0.3 is 14.7 Å². The van der Waals surface area contributed by atoms with Gasteiger partial charge >= 0.3 is 0 Å². The molecule has 4 aromatic rings. The Morgan fingerprint density at radius 3 is 2.88 bits per heavy atom. The van der Waals surface area contributed by atoms with Crippen molar-refractivity contribution in [1.29, 1.82) is 0 Å². The summed E-state index contributed by atoms with van der Waals surface area (Å²) in [4.78, 5) is 24.4. The highest BCUT2D eigenvalue weighted by atomic mass is 16.1. The molecule has 0 bridgehead atoms. The van der Waals surface area contributed by atoms with Crippen LogP contribution in [0.1, 0.15) is 22.0 Å². The normalized spacial score (nSPS) is 11.2. The summed E-state index contributed by atoms with van der Waals surface area (Å²) < 4.78 is 1.91. The summed E-state index contributed by atoms with van der Waals surface area (Å²) in [7, 11) is 0. The summed E-state index contributed by atoms with van der Waals surface area (Å²) in [5, 5.41) is 2.90. The molecule has 3 aromatic heterocycles. The second kappa shape index (κ2) is 5.81. The number of nitrogens with one attached hydrogen (secondary N) is 2. The second-order valence-electron chi connectivity index (χ2n) is 5.73. The Morgan fingerprint density at radius 1 is 1.17 bits per heavy atom. The van der Waals surface area contributed by atoms with Crippen LogP contribution in [0.15, 0.2) is 48.7 Å². The number of carbonyl (C=O) groups is 1. The first-order chi connectivity index (χ1) is 11.7. The lowest BCUT2D eigenvalue weighted by molar-refractivity contribution is 0.0949. The van der Waals surface area contributed by atoms with Crippen molar-refractivity contribution in [1.82, 2.24) is 24.7 Å². The quantitative estimate of drug-likeness (QED) is 0.607. The number of para-hydroxylation sites is 2. The number of aromatic amines is 1. The fourth-order valence-corrected chi connectivity index (χ4v) is 2.77. The van der Waals surface area contributed by atoms with E-state index in [-0.39, 0.29) is 5.91 Å². The fraction of sp³-hybridized carbons (Fsp3) is 0.167. The zero-order valence-electron chi connectivity index (χ0n) is 13.3. The highest BCUT2D eigenvalue weighted by Crippen LogP contribution is 2.11. The van der Waals surface area contributed by atoms with Crippen LogP contribution in [-0.2, 0) is 6.42 Å². The SMILES string of the molecule is Cc1cccc2nc(C(=O)NCCc3nc4ccccc4[nH]3)cn12. The number of aryl methyl sites for hydroxylation is 1. The number of amides is 1. The third-order valence-electron chi connectivity index (χ3n) is 4.01. The van der Waals surface area contributed by atoms with E-state index in [1.54, 1.807) is 6.20 Å². The van der Waals surface area contributed by atoms with Gasteiger partial charge in [-0.2, -0.15) is 0 Å². The van der Waals surface area contributed by atoms with Crippen molar-refractivity contribution in [3.8, 4) is 0 Å². The predicted octanol–water partition coefficient (Wildman–Crippen LogP) is 2.49. The molecule has 0 saturated heterocycles. The fourth-order valence-electron chi connectivity index (χ4n) is 2.77. The minimum absolute atomic E-state index is 0.172. The van der Waals surface area contributed by atoms with Crippen LogP contribution in [0.25, 0.3) is 16.7 Å². The van der Waals surface area contributed by atoms with Gasteiger partial charge in [0, 0.05) is 24.9 Å². The lowest BCUT2D eigenvalue weighted by atomic mass is 10.3. The zero-order chi connectivity index (χ0) is 16.5. The first-order valence-electron chi connectivity index (χ1n) is 7.87. The Morgan fingerprint density at radius 2 is 2.04 bits per heavy atom. The summed E-state index contributed by atoms with van der Waals surface area (Å²) in [5.74, 6) is 0.691. The molecule has 0 aliphatic heterocycles. The van der Waals surface area contributed by atoms with Gasteiger partial charge in [0.2, 0.25) is 0 Å². The third-order valence-corrected chi connectivity index (χ3v) is 4.01. The molecule has 0 spiro atoms. The lowest BCUT2D eigenvalue weighted by Crippen LogP contribution is -2.26. The van der Waals surface area contributed by atoms with Crippen molar-refractivity contribution in [2.75, 3.05) is 6.54 Å². The number of pyridine rings is 1. The monoisotopic (exact) mass is 319 g/mol. The number of imidazole rings is 2. The summed E-state index contributed by atoms with van der Waals surface area (Å²) in [6.45, 7) is 2.49. The first-order valence-corrected chi connectivity index (χ1v) is 7.87. The number of carbonyl (C=O) groups excluding carboxylic acids is 1. The molecule has 0 unspecified atom stereocenters. The minimum Gasteiger partial charge on any atom is -0.350 e. The first kappa shape index (κ1) is 14.4. The molecule has 0 radical (unpaired) electrons. The molecule has 6 heteroatoms. The van der Waals surface area contributed by atoms with Crippen molar-refractivity contribution in [3.63, 3.8) is 0 Å². The second-order valence-corrected chi connectivity index (χ2v) is 5.73. The van der Waals surface area contributed by atoms with Crippen LogP contribution in [0.4, 0.5) is 0 Å². The molecule has 3 heterocycles. The van der Waals surface area contributed by atoms with E-state index in [0.717, 1.165) is 28.2 Å². The number of rotatable bonds is 4. The molecule has 120 valence electrons. The molecule has 0 aliphatic rings. The number of benzene rings is 1. The molecule has 6 nitrogen and oxygen atoms in total. The molecule has 1 aromatic carbocycles. The number of hydrogen-bond donors (Lipinski definition) is 2. The van der Waals surface area contributed by atoms with E-state index >= 15 is 0 Å². The Balaban J connectivity index is 1.43. The molecule has 0 aliphatic carbocycles. The molecule has 2 N–H and O–H groups in total. The highest BCUT2D eigenvalue weighted by Gasteiger charge is 2.11. The van der Waals surface area contributed by atoms with Crippen LogP contribution in [-0.4, -0.2) is 31.8 Å². The van der Waals surface area contributed by atoms with Gasteiger partial charge in [0.05, 0.1) is 11.0 Å². The highest BCUT2D eigenvalue weighted by molar-refractivity contribution is 5.92. The standard InChI is InChI=1S/C18H17N5O/c1-12-5-4-8-17-22-15(11-23(12)17)18(24)19-10-9-16-20-13-6-2-3-7-14(13)21-16/h2-8,11H,9-10H2,1H3,(H,19,24)(H,20,21). The van der Waals surface area contributed by atoms with E-state index in [1.807, 2.05) is 53.8 Å². The smallest absolute Gasteiger partial charge is 0.271 e. The molecular formula is C18H17N5O. The topological polar surface area (TPSA) is 75.1 Å². The van der Waals surface area contributed by atoms with Gasteiger partial charge in [-0.3, -0.25) is 4.79 Å². The Kier molecular flexibility index (Phi) is 3.49. The van der Waals surface area contributed by atoms with Gasteiger partial charge in [-0.25, -0.2) is 9.97 Å². The zero-order valence-corrected chi connectivity index (χ0v) is 13.3. The van der Waals surface area contributed by atoms with Crippen LogP contribution >= 0.6 is 0 Å². The van der Waals surface area contributed by atoms with Crippen molar-refractivity contribution in [2.45, 2.75) is 13.3 Å². The summed E-state index contributed by atoms with van der Waals surface area (Å²) in [6, 6.07) is 13.7. The summed E-state index contributed by atoms with van der Waals surface area (Å²) >= 11 is 0. The number of aromatic nitrogens is 4. The molecule has 24 heavy (non-hydrogen) atoms. The minimum atomic E-state index is -0.172. The number of fused-ring (bicyclic) bond motifs is 2. The van der Waals surface area contributed by atoms with Crippen molar-refractivity contribution < 1.29 is 4.79 Å². The Bertz CT molecular complexity index is 997. The Hall–Kier alpha value is -3.15. The third kappa shape index (κ3) is 2.62.